The standard InChI is InChI=1S/C19H17ClFN5O2S2/c1-26-16(18(27)24-12-4-5-14(21)13(20)7-12)8-15(25-30(26)28)19-23-10-17(29-19)11-3-2-6-22-9-11/h2-7,9-10,15-16,25H,8H2,1H3,(H,24,27). The van der Waals surface area contributed by atoms with Crippen molar-refractivity contribution in [3.63, 3.8) is 0 Å². The Labute approximate surface area is 184 Å². The van der Waals surface area contributed by atoms with Gasteiger partial charge in [-0.2, -0.15) is 0 Å². The number of aromatic nitrogens is 2. The molecule has 7 nitrogen and oxygen atoms in total. The van der Waals surface area contributed by atoms with Gasteiger partial charge < -0.3 is 5.32 Å². The molecule has 4 rings (SSSR count). The lowest BCUT2D eigenvalue weighted by molar-refractivity contribution is -0.120. The third-order valence-electron chi connectivity index (χ3n) is 4.66. The molecule has 1 fully saturated rings. The van der Waals surface area contributed by atoms with Crippen LogP contribution < -0.4 is 10.0 Å². The Balaban J connectivity index is 1.52. The fourth-order valence-corrected chi connectivity index (χ4v) is 5.31. The summed E-state index contributed by atoms with van der Waals surface area (Å²) in [6, 6.07) is 6.70. The molecule has 1 aliphatic heterocycles. The Hall–Kier alpha value is -2.24. The number of pyridine rings is 1. The second-order valence-corrected chi connectivity index (χ2v) is 9.42. The number of thiazole rings is 1. The number of nitrogens with zero attached hydrogens (tertiary/aromatic N) is 3. The van der Waals surface area contributed by atoms with Gasteiger partial charge >= 0.3 is 0 Å². The average molecular weight is 466 g/mol. The molecule has 30 heavy (non-hydrogen) atoms. The molecule has 11 heteroatoms. The van der Waals surface area contributed by atoms with Crippen LogP contribution in [0.1, 0.15) is 17.5 Å². The van der Waals surface area contributed by atoms with Gasteiger partial charge in [0.05, 0.1) is 15.9 Å². The van der Waals surface area contributed by atoms with Crippen LogP contribution >= 0.6 is 22.9 Å². The second-order valence-electron chi connectivity index (χ2n) is 6.64. The number of halogens is 2. The van der Waals surface area contributed by atoms with E-state index in [9.17, 15) is 13.4 Å². The molecular formula is C19H17ClFN5O2S2. The van der Waals surface area contributed by atoms with Crippen molar-refractivity contribution in [2.24, 2.45) is 0 Å². The van der Waals surface area contributed by atoms with Crippen molar-refractivity contribution in [2.75, 3.05) is 12.4 Å². The van der Waals surface area contributed by atoms with E-state index < -0.39 is 23.0 Å². The summed E-state index contributed by atoms with van der Waals surface area (Å²) in [5.74, 6) is -0.924. The van der Waals surface area contributed by atoms with E-state index in [1.54, 1.807) is 25.6 Å². The van der Waals surface area contributed by atoms with E-state index in [0.717, 1.165) is 15.4 Å². The molecule has 2 N–H and O–H groups in total. The molecule has 3 unspecified atom stereocenters. The Kier molecular flexibility index (Phi) is 6.21. The highest BCUT2D eigenvalue weighted by molar-refractivity contribution is 7.80. The minimum Gasteiger partial charge on any atom is -0.325 e. The topological polar surface area (TPSA) is 87.2 Å². The molecule has 1 saturated heterocycles. The first-order chi connectivity index (χ1) is 14.4. The normalized spacial score (nSPS) is 22.0. The van der Waals surface area contributed by atoms with Crippen molar-refractivity contribution < 1.29 is 13.4 Å². The highest BCUT2D eigenvalue weighted by Gasteiger charge is 2.37. The summed E-state index contributed by atoms with van der Waals surface area (Å²) in [4.78, 5) is 22.4. The van der Waals surface area contributed by atoms with Crippen LogP contribution in [0.5, 0.6) is 0 Å². The highest BCUT2D eigenvalue weighted by Crippen LogP contribution is 2.33. The minimum absolute atomic E-state index is 0.0846. The van der Waals surface area contributed by atoms with Gasteiger partial charge in [-0.3, -0.25) is 9.78 Å². The maximum atomic E-state index is 13.4. The number of rotatable bonds is 4. The first-order valence-corrected chi connectivity index (χ1v) is 11.3. The Morgan fingerprint density at radius 3 is 2.97 bits per heavy atom. The zero-order chi connectivity index (χ0) is 21.3. The summed E-state index contributed by atoms with van der Waals surface area (Å²) in [6.07, 6.45) is 5.56. The predicted octanol–water partition coefficient (Wildman–Crippen LogP) is 3.55. The van der Waals surface area contributed by atoms with Crippen molar-refractivity contribution >= 4 is 45.7 Å². The van der Waals surface area contributed by atoms with Crippen molar-refractivity contribution in [3.05, 3.63) is 64.8 Å². The number of hydrogen-bond donors (Lipinski definition) is 2. The van der Waals surface area contributed by atoms with Crippen molar-refractivity contribution in [2.45, 2.75) is 18.5 Å². The summed E-state index contributed by atoms with van der Waals surface area (Å²) in [5.41, 5.74) is 1.31. The van der Waals surface area contributed by atoms with Crippen molar-refractivity contribution in [1.29, 1.82) is 0 Å². The van der Waals surface area contributed by atoms with Gasteiger partial charge in [0, 0.05) is 36.9 Å². The Bertz CT molecular complexity index is 1100. The highest BCUT2D eigenvalue weighted by atomic mass is 35.5. The molecule has 1 amide bonds. The van der Waals surface area contributed by atoms with Gasteiger partial charge in [-0.1, -0.05) is 17.7 Å². The fourth-order valence-electron chi connectivity index (χ4n) is 3.05. The van der Waals surface area contributed by atoms with Gasteiger partial charge in [0.25, 0.3) is 0 Å². The largest absolute Gasteiger partial charge is 0.325 e. The van der Waals surface area contributed by atoms with Crippen LogP contribution in [0.2, 0.25) is 5.02 Å². The number of nitrogens with one attached hydrogen (secondary N) is 2. The predicted molar refractivity (Wildman–Crippen MR) is 116 cm³/mol. The van der Waals surface area contributed by atoms with Gasteiger partial charge in [-0.25, -0.2) is 22.6 Å². The fraction of sp³-hybridized carbons (Fsp3) is 0.211. The quantitative estimate of drug-likeness (QED) is 0.616. The van der Waals surface area contributed by atoms with Crippen molar-refractivity contribution in [1.82, 2.24) is 19.0 Å². The summed E-state index contributed by atoms with van der Waals surface area (Å²) < 4.78 is 30.4. The first-order valence-electron chi connectivity index (χ1n) is 8.95. The molecule has 0 saturated carbocycles. The zero-order valence-electron chi connectivity index (χ0n) is 15.7. The monoisotopic (exact) mass is 465 g/mol. The number of anilines is 1. The van der Waals surface area contributed by atoms with Crippen LogP contribution in [-0.4, -0.2) is 37.5 Å². The van der Waals surface area contributed by atoms with Gasteiger partial charge in [0.2, 0.25) is 5.91 Å². The first kappa shape index (κ1) is 21.0. The molecule has 156 valence electrons. The number of likely N-dealkylation sites (N-methyl/N-ethyl adjacent to an activating group) is 1. The van der Waals surface area contributed by atoms with Crippen LogP contribution in [0.15, 0.2) is 48.9 Å². The smallest absolute Gasteiger partial charge is 0.242 e. The van der Waals surface area contributed by atoms with Gasteiger partial charge in [0.15, 0.2) is 11.2 Å². The summed E-state index contributed by atoms with van der Waals surface area (Å²) in [5, 5.41) is 3.36. The molecule has 0 spiro atoms. The Morgan fingerprint density at radius 2 is 2.23 bits per heavy atom. The summed E-state index contributed by atoms with van der Waals surface area (Å²) in [7, 11) is 1.60. The maximum Gasteiger partial charge on any atom is 0.242 e. The van der Waals surface area contributed by atoms with Gasteiger partial charge in [-0.05, 0) is 30.7 Å². The van der Waals surface area contributed by atoms with Crippen molar-refractivity contribution in [3.8, 4) is 10.4 Å². The summed E-state index contributed by atoms with van der Waals surface area (Å²) in [6.45, 7) is 0. The van der Waals surface area contributed by atoms with E-state index in [-0.39, 0.29) is 17.0 Å². The van der Waals surface area contributed by atoms with Crippen LogP contribution in [0.4, 0.5) is 10.1 Å². The number of carbonyl (C=O) groups excluding carboxylic acids is 1. The van der Waals surface area contributed by atoms with Crippen LogP contribution in [0.3, 0.4) is 0 Å². The van der Waals surface area contributed by atoms with E-state index in [0.29, 0.717) is 12.1 Å². The molecule has 1 aromatic carbocycles. The van der Waals surface area contributed by atoms with Gasteiger partial charge in [-0.15, -0.1) is 11.3 Å². The third kappa shape index (κ3) is 4.42. The average Bonchev–Trinajstić information content (AvgIpc) is 3.23. The lowest BCUT2D eigenvalue weighted by atomic mass is 10.1. The molecule has 3 atom stereocenters. The zero-order valence-corrected chi connectivity index (χ0v) is 18.1. The van der Waals surface area contributed by atoms with Crippen LogP contribution in [-0.2, 0) is 16.0 Å². The summed E-state index contributed by atoms with van der Waals surface area (Å²) >= 11 is 5.67. The Morgan fingerprint density at radius 1 is 1.40 bits per heavy atom. The van der Waals surface area contributed by atoms with E-state index in [1.165, 1.54) is 33.8 Å². The SMILES string of the molecule is CN1C(C(=O)Nc2ccc(F)c(Cl)c2)CC(c2ncc(-c3cccnc3)s2)NS1=O. The molecular weight excluding hydrogens is 449 g/mol. The molecule has 3 aromatic rings. The molecule has 1 aliphatic rings. The minimum atomic E-state index is -1.58. The van der Waals surface area contributed by atoms with Crippen LogP contribution in [0, 0.1) is 5.82 Å². The van der Waals surface area contributed by atoms with E-state index >= 15 is 0 Å². The second kappa shape index (κ2) is 8.86. The molecule has 3 heterocycles. The number of benzene rings is 1. The van der Waals surface area contributed by atoms with E-state index in [4.69, 9.17) is 11.6 Å². The molecule has 0 bridgehead atoms. The van der Waals surface area contributed by atoms with Gasteiger partial charge in [0.1, 0.15) is 16.9 Å². The molecule has 0 aliphatic carbocycles. The number of carbonyl (C=O) groups is 1. The van der Waals surface area contributed by atoms with E-state index in [1.807, 2.05) is 12.1 Å². The number of hydrogen-bond acceptors (Lipinski definition) is 5. The molecule has 2 aromatic heterocycles. The molecule has 0 radical (unpaired) electrons. The maximum absolute atomic E-state index is 13.4. The third-order valence-corrected chi connectivity index (χ3v) is 7.37. The lowest BCUT2D eigenvalue weighted by Gasteiger charge is -2.34. The van der Waals surface area contributed by atoms with Crippen LogP contribution in [0.25, 0.3) is 10.4 Å². The van der Waals surface area contributed by atoms with E-state index in [2.05, 4.69) is 20.0 Å². The number of amides is 1. The lowest BCUT2D eigenvalue weighted by Crippen LogP contribution is -2.53.